The SMILES string of the molecule is CCNCc1ccc(Cn2c(C(F)(F)F)cccc2=O)o1. The van der Waals surface area contributed by atoms with Gasteiger partial charge >= 0.3 is 6.18 Å². The fourth-order valence-corrected chi connectivity index (χ4v) is 1.94. The minimum atomic E-state index is -4.58. The van der Waals surface area contributed by atoms with Gasteiger partial charge in [0.1, 0.15) is 17.2 Å². The maximum absolute atomic E-state index is 12.9. The molecule has 0 radical (unpaired) electrons. The second-order valence-electron chi connectivity index (χ2n) is 4.48. The molecule has 21 heavy (non-hydrogen) atoms. The van der Waals surface area contributed by atoms with Crippen LogP contribution in [0.4, 0.5) is 13.2 Å². The summed E-state index contributed by atoms with van der Waals surface area (Å²) in [6.07, 6.45) is -4.58. The maximum Gasteiger partial charge on any atom is 0.431 e. The number of alkyl halides is 3. The summed E-state index contributed by atoms with van der Waals surface area (Å²) in [6, 6.07) is 6.33. The molecule has 0 bridgehead atoms. The highest BCUT2D eigenvalue weighted by atomic mass is 19.4. The molecule has 2 aromatic rings. The summed E-state index contributed by atoms with van der Waals surface area (Å²) in [5.41, 5.74) is -1.70. The molecule has 114 valence electrons. The molecule has 2 aromatic heterocycles. The highest BCUT2D eigenvalue weighted by Gasteiger charge is 2.34. The highest BCUT2D eigenvalue weighted by Crippen LogP contribution is 2.28. The molecule has 0 aromatic carbocycles. The molecule has 0 unspecified atom stereocenters. The molecule has 0 fully saturated rings. The smallest absolute Gasteiger partial charge is 0.431 e. The Hall–Kier alpha value is -2.02. The van der Waals surface area contributed by atoms with Gasteiger partial charge in [0.2, 0.25) is 0 Å². The lowest BCUT2D eigenvalue weighted by Gasteiger charge is -2.13. The summed E-state index contributed by atoms with van der Waals surface area (Å²) in [6.45, 7) is 2.93. The minimum absolute atomic E-state index is 0.249. The van der Waals surface area contributed by atoms with E-state index >= 15 is 0 Å². The van der Waals surface area contributed by atoms with Gasteiger partial charge in [0.05, 0.1) is 13.1 Å². The lowest BCUT2D eigenvalue weighted by atomic mass is 10.3. The van der Waals surface area contributed by atoms with E-state index in [2.05, 4.69) is 5.32 Å². The van der Waals surface area contributed by atoms with Crippen molar-refractivity contribution in [2.45, 2.75) is 26.2 Å². The van der Waals surface area contributed by atoms with Crippen molar-refractivity contribution < 1.29 is 17.6 Å². The first-order valence-corrected chi connectivity index (χ1v) is 6.47. The molecule has 2 heterocycles. The van der Waals surface area contributed by atoms with Crippen molar-refractivity contribution in [3.8, 4) is 0 Å². The van der Waals surface area contributed by atoms with Crippen molar-refractivity contribution in [1.82, 2.24) is 9.88 Å². The molecule has 0 saturated heterocycles. The van der Waals surface area contributed by atoms with Crippen LogP contribution in [0.2, 0.25) is 0 Å². The van der Waals surface area contributed by atoms with Crippen molar-refractivity contribution in [3.63, 3.8) is 0 Å². The van der Waals surface area contributed by atoms with E-state index in [0.717, 1.165) is 24.7 Å². The number of furan rings is 1. The van der Waals surface area contributed by atoms with Crippen LogP contribution in [0.3, 0.4) is 0 Å². The average molecular weight is 300 g/mol. The summed E-state index contributed by atoms with van der Waals surface area (Å²) in [7, 11) is 0. The second kappa shape index (κ2) is 6.17. The fourth-order valence-electron chi connectivity index (χ4n) is 1.94. The Bertz CT molecular complexity index is 659. The van der Waals surface area contributed by atoms with Crippen LogP contribution in [-0.2, 0) is 19.3 Å². The Morgan fingerprint density at radius 3 is 2.57 bits per heavy atom. The van der Waals surface area contributed by atoms with Crippen LogP contribution < -0.4 is 10.9 Å². The van der Waals surface area contributed by atoms with Crippen LogP contribution in [0, 0.1) is 0 Å². The van der Waals surface area contributed by atoms with Crippen molar-refractivity contribution in [2.24, 2.45) is 0 Å². The lowest BCUT2D eigenvalue weighted by molar-refractivity contribution is -0.144. The number of nitrogens with zero attached hydrogens (tertiary/aromatic N) is 1. The summed E-state index contributed by atoms with van der Waals surface area (Å²) >= 11 is 0. The Balaban J connectivity index is 2.27. The lowest BCUT2D eigenvalue weighted by Crippen LogP contribution is -2.27. The van der Waals surface area contributed by atoms with Gasteiger partial charge in [-0.2, -0.15) is 13.2 Å². The van der Waals surface area contributed by atoms with Gasteiger partial charge in [0.15, 0.2) is 0 Å². The van der Waals surface area contributed by atoms with Crippen LogP contribution in [-0.4, -0.2) is 11.1 Å². The Labute approximate surface area is 119 Å². The number of hydrogen-bond acceptors (Lipinski definition) is 3. The summed E-state index contributed by atoms with van der Waals surface area (Å²) in [5.74, 6) is 0.922. The van der Waals surface area contributed by atoms with E-state index in [0.29, 0.717) is 22.6 Å². The van der Waals surface area contributed by atoms with E-state index in [1.807, 2.05) is 6.92 Å². The predicted molar refractivity (Wildman–Crippen MR) is 70.9 cm³/mol. The van der Waals surface area contributed by atoms with Crippen molar-refractivity contribution in [3.05, 3.63) is 57.9 Å². The average Bonchev–Trinajstić information content (AvgIpc) is 2.85. The number of pyridine rings is 1. The molecule has 7 heteroatoms. The molecule has 0 atom stereocenters. The quantitative estimate of drug-likeness (QED) is 0.923. The molecule has 0 aliphatic heterocycles. The number of halogens is 3. The van der Waals surface area contributed by atoms with E-state index in [1.54, 1.807) is 12.1 Å². The molecule has 0 aliphatic rings. The Morgan fingerprint density at radius 2 is 1.90 bits per heavy atom. The van der Waals surface area contributed by atoms with E-state index in [-0.39, 0.29) is 6.54 Å². The number of rotatable bonds is 5. The van der Waals surface area contributed by atoms with Gasteiger partial charge in [-0.25, -0.2) is 0 Å². The molecule has 2 rings (SSSR count). The third-order valence-corrected chi connectivity index (χ3v) is 2.92. The minimum Gasteiger partial charge on any atom is -0.463 e. The molecule has 0 spiro atoms. The fraction of sp³-hybridized carbons (Fsp3) is 0.357. The first-order chi connectivity index (χ1) is 9.91. The van der Waals surface area contributed by atoms with E-state index in [9.17, 15) is 18.0 Å². The van der Waals surface area contributed by atoms with E-state index in [4.69, 9.17) is 4.42 Å². The van der Waals surface area contributed by atoms with Gasteiger partial charge in [0, 0.05) is 6.07 Å². The summed E-state index contributed by atoms with van der Waals surface area (Å²) in [5, 5.41) is 3.05. The Kier molecular flexibility index (Phi) is 4.52. The largest absolute Gasteiger partial charge is 0.463 e. The van der Waals surface area contributed by atoms with Crippen LogP contribution in [0.1, 0.15) is 24.1 Å². The first-order valence-electron chi connectivity index (χ1n) is 6.47. The van der Waals surface area contributed by atoms with Crippen molar-refractivity contribution in [2.75, 3.05) is 6.54 Å². The predicted octanol–water partition coefficient (Wildman–Crippen LogP) is 2.62. The van der Waals surface area contributed by atoms with Gasteiger partial charge in [-0.05, 0) is 24.7 Å². The van der Waals surface area contributed by atoms with Gasteiger partial charge in [-0.15, -0.1) is 0 Å². The van der Waals surface area contributed by atoms with E-state index in [1.165, 1.54) is 0 Å². The van der Waals surface area contributed by atoms with Crippen LogP contribution in [0.25, 0.3) is 0 Å². The molecule has 0 aliphatic carbocycles. The van der Waals surface area contributed by atoms with Gasteiger partial charge in [-0.3, -0.25) is 9.36 Å². The summed E-state index contributed by atoms with van der Waals surface area (Å²) in [4.78, 5) is 11.7. The standard InChI is InChI=1S/C14H15F3N2O2/c1-2-18-8-10-6-7-11(21-10)9-19-12(14(15,16)17)4-3-5-13(19)20/h3-7,18H,2,8-9H2,1H3. The van der Waals surface area contributed by atoms with Crippen molar-refractivity contribution in [1.29, 1.82) is 0 Å². The maximum atomic E-state index is 12.9. The normalized spacial score (nSPS) is 11.8. The summed E-state index contributed by atoms with van der Waals surface area (Å²) < 4.78 is 44.8. The third kappa shape index (κ3) is 3.75. The zero-order chi connectivity index (χ0) is 15.5. The topological polar surface area (TPSA) is 47.2 Å². The molecule has 4 nitrogen and oxygen atoms in total. The molecule has 0 amide bonds. The molecular weight excluding hydrogens is 285 g/mol. The zero-order valence-electron chi connectivity index (χ0n) is 11.4. The Morgan fingerprint density at radius 1 is 1.19 bits per heavy atom. The monoisotopic (exact) mass is 300 g/mol. The highest BCUT2D eigenvalue weighted by molar-refractivity contribution is 5.14. The van der Waals surface area contributed by atoms with Gasteiger partial charge in [0.25, 0.3) is 5.56 Å². The third-order valence-electron chi connectivity index (χ3n) is 2.92. The van der Waals surface area contributed by atoms with Crippen LogP contribution in [0.5, 0.6) is 0 Å². The number of nitrogens with one attached hydrogen (secondary N) is 1. The molecular formula is C14H15F3N2O2. The van der Waals surface area contributed by atoms with Crippen LogP contribution >= 0.6 is 0 Å². The molecule has 0 saturated carbocycles. The second-order valence-corrected chi connectivity index (χ2v) is 4.48. The molecule has 1 N–H and O–H groups in total. The number of hydrogen-bond donors (Lipinski definition) is 1. The first kappa shape index (κ1) is 15.4. The zero-order valence-corrected chi connectivity index (χ0v) is 11.4. The number of aromatic nitrogens is 1. The van der Waals surface area contributed by atoms with E-state index < -0.39 is 17.4 Å². The van der Waals surface area contributed by atoms with Gasteiger partial charge in [-0.1, -0.05) is 13.0 Å². The van der Waals surface area contributed by atoms with Gasteiger partial charge < -0.3 is 9.73 Å². The van der Waals surface area contributed by atoms with Crippen molar-refractivity contribution >= 4 is 0 Å². The van der Waals surface area contributed by atoms with Crippen LogP contribution in [0.15, 0.2) is 39.5 Å².